The van der Waals surface area contributed by atoms with Gasteiger partial charge in [0.25, 0.3) is 5.91 Å². The van der Waals surface area contributed by atoms with Gasteiger partial charge < -0.3 is 5.32 Å². The quantitative estimate of drug-likeness (QED) is 0.827. The summed E-state index contributed by atoms with van der Waals surface area (Å²) in [6, 6.07) is 5.95. The highest BCUT2D eigenvalue weighted by Gasteiger charge is 2.26. The second-order valence-corrected chi connectivity index (χ2v) is 8.59. The van der Waals surface area contributed by atoms with Crippen molar-refractivity contribution in [3.8, 4) is 0 Å². The first-order chi connectivity index (χ1) is 9.91. The minimum absolute atomic E-state index is 0.209. The summed E-state index contributed by atoms with van der Waals surface area (Å²) in [5.74, 6) is 1.06. The Bertz CT molecular complexity index is 599. The lowest BCUT2D eigenvalue weighted by atomic mass is 10.3. The van der Waals surface area contributed by atoms with Gasteiger partial charge in [0.15, 0.2) is 4.84 Å². The Balaban J connectivity index is 2.12. The van der Waals surface area contributed by atoms with Crippen molar-refractivity contribution in [1.29, 1.82) is 0 Å². The fourth-order valence-electron chi connectivity index (χ4n) is 1.84. The summed E-state index contributed by atoms with van der Waals surface area (Å²) in [4.78, 5) is 10.4. The normalized spacial score (nSPS) is 16.9. The van der Waals surface area contributed by atoms with Crippen LogP contribution in [0.15, 0.2) is 29.2 Å². The third-order valence-electron chi connectivity index (χ3n) is 2.93. The highest BCUT2D eigenvalue weighted by Crippen LogP contribution is 2.22. The summed E-state index contributed by atoms with van der Waals surface area (Å²) in [5.41, 5.74) is 0.444. The van der Waals surface area contributed by atoms with Crippen LogP contribution in [0.4, 0.5) is 5.69 Å². The summed E-state index contributed by atoms with van der Waals surface area (Å²) in [7, 11) is -3.47. The largest absolute Gasteiger partial charge is 0.324 e. The Morgan fingerprint density at radius 3 is 2.29 bits per heavy atom. The van der Waals surface area contributed by atoms with E-state index >= 15 is 0 Å². The first kappa shape index (κ1) is 16.9. The molecule has 1 fully saturated rings. The first-order valence-electron chi connectivity index (χ1n) is 6.18. The zero-order valence-electron chi connectivity index (χ0n) is 11.0. The van der Waals surface area contributed by atoms with Crippen LogP contribution in [0.1, 0.15) is 0 Å². The van der Waals surface area contributed by atoms with Crippen molar-refractivity contribution in [2.24, 2.45) is 0 Å². The average molecular weight is 369 g/mol. The lowest BCUT2D eigenvalue weighted by Gasteiger charge is -2.25. The molecule has 1 aliphatic rings. The molecule has 0 bridgehead atoms. The lowest BCUT2D eigenvalue weighted by Crippen LogP contribution is -2.37. The number of thioether (sulfide) groups is 1. The number of sulfonamides is 1. The average Bonchev–Trinajstić information content (AvgIpc) is 2.48. The number of anilines is 1. The Morgan fingerprint density at radius 2 is 1.76 bits per heavy atom. The van der Waals surface area contributed by atoms with Crippen molar-refractivity contribution in [3.05, 3.63) is 24.3 Å². The van der Waals surface area contributed by atoms with Crippen LogP contribution in [0, 0.1) is 0 Å². The highest BCUT2D eigenvalue weighted by molar-refractivity contribution is 7.99. The monoisotopic (exact) mass is 368 g/mol. The van der Waals surface area contributed by atoms with Crippen LogP contribution < -0.4 is 5.32 Å². The van der Waals surface area contributed by atoms with E-state index in [1.54, 1.807) is 11.8 Å². The number of hydrogen-bond acceptors (Lipinski definition) is 4. The van der Waals surface area contributed by atoms with Gasteiger partial charge in [0.1, 0.15) is 0 Å². The standard InChI is InChI=1S/C12H14Cl2N2O3S2/c13-11(14)12(17)15-9-1-3-10(4-2-9)21(18,19)16-5-7-20-8-6-16/h1-4,11H,5-8H2,(H,15,17). The van der Waals surface area contributed by atoms with Crippen LogP contribution in [-0.2, 0) is 14.8 Å². The van der Waals surface area contributed by atoms with E-state index in [-0.39, 0.29) is 4.90 Å². The number of amides is 1. The van der Waals surface area contributed by atoms with E-state index in [9.17, 15) is 13.2 Å². The summed E-state index contributed by atoms with van der Waals surface area (Å²) >= 11 is 12.6. The van der Waals surface area contributed by atoms with Crippen molar-refractivity contribution < 1.29 is 13.2 Å². The topological polar surface area (TPSA) is 66.5 Å². The molecule has 0 aromatic heterocycles. The molecule has 0 aliphatic carbocycles. The Kier molecular flexibility index (Phi) is 5.79. The molecule has 9 heteroatoms. The molecule has 1 aromatic carbocycles. The van der Waals surface area contributed by atoms with Crippen molar-refractivity contribution in [2.75, 3.05) is 29.9 Å². The summed E-state index contributed by atoms with van der Waals surface area (Å²) in [5, 5.41) is 2.48. The molecular formula is C12H14Cl2N2O3S2. The first-order valence-corrected chi connectivity index (χ1v) is 9.65. The molecule has 0 saturated carbocycles. The molecule has 1 saturated heterocycles. The minimum atomic E-state index is -3.47. The van der Waals surface area contributed by atoms with Crippen molar-refractivity contribution in [3.63, 3.8) is 0 Å². The predicted octanol–water partition coefficient (Wildman–Crippen LogP) is 2.17. The predicted molar refractivity (Wildman–Crippen MR) is 86.6 cm³/mol. The molecule has 1 heterocycles. The lowest BCUT2D eigenvalue weighted by molar-refractivity contribution is -0.114. The van der Waals surface area contributed by atoms with E-state index in [1.807, 2.05) is 0 Å². The third-order valence-corrected chi connectivity index (χ3v) is 6.18. The number of benzene rings is 1. The van der Waals surface area contributed by atoms with Crippen molar-refractivity contribution in [2.45, 2.75) is 9.73 Å². The Labute approximate surface area is 138 Å². The molecular weight excluding hydrogens is 355 g/mol. The number of hydrogen-bond donors (Lipinski definition) is 1. The molecule has 21 heavy (non-hydrogen) atoms. The molecule has 1 N–H and O–H groups in total. The molecule has 1 aliphatic heterocycles. The van der Waals surface area contributed by atoms with Crippen molar-refractivity contribution >= 4 is 56.6 Å². The van der Waals surface area contributed by atoms with Crippen LogP contribution in [-0.4, -0.2) is 48.1 Å². The molecule has 5 nitrogen and oxygen atoms in total. The van der Waals surface area contributed by atoms with Gasteiger partial charge >= 0.3 is 0 Å². The Morgan fingerprint density at radius 1 is 1.19 bits per heavy atom. The molecule has 0 atom stereocenters. The van der Waals surface area contributed by atoms with Gasteiger partial charge in [-0.25, -0.2) is 8.42 Å². The zero-order chi connectivity index (χ0) is 15.5. The van der Waals surface area contributed by atoms with Gasteiger partial charge in [-0.2, -0.15) is 16.1 Å². The maximum atomic E-state index is 12.4. The zero-order valence-corrected chi connectivity index (χ0v) is 14.1. The van der Waals surface area contributed by atoms with Gasteiger partial charge in [0.05, 0.1) is 4.90 Å². The minimum Gasteiger partial charge on any atom is -0.324 e. The number of carbonyl (C=O) groups excluding carboxylic acids is 1. The van der Waals surface area contributed by atoms with E-state index in [2.05, 4.69) is 5.32 Å². The molecule has 1 aromatic rings. The van der Waals surface area contributed by atoms with Gasteiger partial charge in [-0.15, -0.1) is 0 Å². The smallest absolute Gasteiger partial charge is 0.257 e. The van der Waals surface area contributed by atoms with Crippen molar-refractivity contribution in [1.82, 2.24) is 4.31 Å². The van der Waals surface area contributed by atoms with E-state index in [1.165, 1.54) is 28.6 Å². The fraction of sp³-hybridized carbons (Fsp3) is 0.417. The number of rotatable bonds is 4. The van der Waals surface area contributed by atoms with Crippen LogP contribution in [0.25, 0.3) is 0 Å². The van der Waals surface area contributed by atoms with E-state index in [0.29, 0.717) is 18.8 Å². The van der Waals surface area contributed by atoms with E-state index in [4.69, 9.17) is 23.2 Å². The Hall–Kier alpha value is -0.470. The maximum Gasteiger partial charge on any atom is 0.257 e. The molecule has 0 spiro atoms. The van der Waals surface area contributed by atoms with Gasteiger partial charge in [-0.3, -0.25) is 4.79 Å². The van der Waals surface area contributed by atoms with Crippen LogP contribution in [0.2, 0.25) is 0 Å². The van der Waals surface area contributed by atoms with Gasteiger partial charge in [0.2, 0.25) is 10.0 Å². The third kappa shape index (κ3) is 4.26. The fourth-order valence-corrected chi connectivity index (χ4v) is 4.53. The molecule has 0 radical (unpaired) electrons. The van der Waals surface area contributed by atoms with Gasteiger partial charge in [-0.1, -0.05) is 23.2 Å². The van der Waals surface area contributed by atoms with Gasteiger partial charge in [0, 0.05) is 30.3 Å². The molecule has 1 amide bonds. The molecule has 2 rings (SSSR count). The number of nitrogens with zero attached hydrogens (tertiary/aromatic N) is 1. The summed E-state index contributed by atoms with van der Waals surface area (Å²) in [6.45, 7) is 1.04. The number of carbonyl (C=O) groups is 1. The second-order valence-electron chi connectivity index (χ2n) is 4.33. The SMILES string of the molecule is O=C(Nc1ccc(S(=O)(=O)N2CCSCC2)cc1)C(Cl)Cl. The second kappa shape index (κ2) is 7.19. The number of halogens is 2. The van der Waals surface area contributed by atoms with Crippen LogP contribution in [0.3, 0.4) is 0 Å². The van der Waals surface area contributed by atoms with Gasteiger partial charge in [-0.05, 0) is 24.3 Å². The highest BCUT2D eigenvalue weighted by atomic mass is 35.5. The van der Waals surface area contributed by atoms with Crippen LogP contribution in [0.5, 0.6) is 0 Å². The maximum absolute atomic E-state index is 12.4. The molecule has 0 unspecified atom stereocenters. The summed E-state index contributed by atoms with van der Waals surface area (Å²) in [6.07, 6.45) is 0. The summed E-state index contributed by atoms with van der Waals surface area (Å²) < 4.78 is 26.3. The van der Waals surface area contributed by atoms with Crippen LogP contribution >= 0.6 is 35.0 Å². The molecule has 116 valence electrons. The van der Waals surface area contributed by atoms with E-state index in [0.717, 1.165) is 11.5 Å². The number of nitrogens with one attached hydrogen (secondary N) is 1. The van der Waals surface area contributed by atoms with E-state index < -0.39 is 20.8 Å². The number of alkyl halides is 2.